The molecule has 1 heterocycles. The van der Waals surface area contributed by atoms with Crippen LogP contribution in [0.3, 0.4) is 0 Å². The first kappa shape index (κ1) is 9.80. The number of rotatable bonds is 3. The molecule has 0 bridgehead atoms. The fraction of sp³-hybridized carbons (Fsp3) is 0.600. The molecule has 1 atom stereocenters. The highest BCUT2D eigenvalue weighted by Crippen LogP contribution is 2.42. The SMILES string of the molecule is CC(C)OP(=O)(O)c1cnns1. The fourth-order valence-corrected chi connectivity index (χ4v) is 2.42. The second-order valence-electron chi connectivity index (χ2n) is 2.43. The number of hydrogen-bond acceptors (Lipinski definition) is 5. The monoisotopic (exact) mass is 208 g/mol. The summed E-state index contributed by atoms with van der Waals surface area (Å²) in [5.41, 5.74) is 0. The maximum Gasteiger partial charge on any atom is 0.372 e. The van der Waals surface area contributed by atoms with Crippen LogP contribution < -0.4 is 4.62 Å². The Morgan fingerprint density at radius 3 is 2.83 bits per heavy atom. The molecule has 5 nitrogen and oxygen atoms in total. The Hall–Kier alpha value is -0.290. The Labute approximate surface area is 74.1 Å². The fourth-order valence-electron chi connectivity index (χ4n) is 0.624. The van der Waals surface area contributed by atoms with Crippen molar-refractivity contribution in [3.05, 3.63) is 6.20 Å². The predicted octanol–water partition coefficient (Wildman–Crippen LogP) is 0.774. The quantitative estimate of drug-likeness (QED) is 0.743. The van der Waals surface area contributed by atoms with Crippen LogP contribution in [0.5, 0.6) is 0 Å². The van der Waals surface area contributed by atoms with Crippen molar-refractivity contribution in [1.29, 1.82) is 0 Å². The van der Waals surface area contributed by atoms with Crippen LogP contribution >= 0.6 is 19.1 Å². The van der Waals surface area contributed by atoms with Crippen molar-refractivity contribution in [3.63, 3.8) is 0 Å². The molecule has 0 aliphatic rings. The molecular formula is C5H9N2O3PS. The minimum absolute atomic E-state index is 0.177. The Balaban J connectivity index is 2.80. The first-order valence-electron chi connectivity index (χ1n) is 3.31. The van der Waals surface area contributed by atoms with Crippen LogP contribution in [0.4, 0.5) is 0 Å². The summed E-state index contributed by atoms with van der Waals surface area (Å²) in [6.07, 6.45) is 0.955. The summed E-state index contributed by atoms with van der Waals surface area (Å²) in [6, 6.07) is 0. The van der Waals surface area contributed by atoms with Gasteiger partial charge in [0.05, 0.1) is 12.3 Å². The van der Waals surface area contributed by atoms with Gasteiger partial charge in [-0.15, -0.1) is 5.10 Å². The van der Waals surface area contributed by atoms with E-state index in [-0.39, 0.29) is 10.7 Å². The van der Waals surface area contributed by atoms with Crippen LogP contribution in [0.1, 0.15) is 13.8 Å². The van der Waals surface area contributed by atoms with E-state index in [2.05, 4.69) is 9.59 Å². The summed E-state index contributed by atoms with van der Waals surface area (Å²) >= 11 is 0.873. The molecule has 0 aliphatic heterocycles. The average molecular weight is 208 g/mol. The summed E-state index contributed by atoms with van der Waals surface area (Å²) in [5.74, 6) is 0. The lowest BCUT2D eigenvalue weighted by atomic mass is 10.5. The van der Waals surface area contributed by atoms with Gasteiger partial charge >= 0.3 is 7.60 Å². The van der Waals surface area contributed by atoms with Gasteiger partial charge in [-0.3, -0.25) is 4.57 Å². The highest BCUT2D eigenvalue weighted by Gasteiger charge is 2.26. The van der Waals surface area contributed by atoms with Crippen LogP contribution in [0, 0.1) is 0 Å². The van der Waals surface area contributed by atoms with E-state index in [0.29, 0.717) is 0 Å². The Bertz CT molecular complexity index is 287. The van der Waals surface area contributed by atoms with Crippen molar-refractivity contribution in [2.75, 3.05) is 0 Å². The van der Waals surface area contributed by atoms with Crippen LogP contribution in [0.25, 0.3) is 0 Å². The highest BCUT2D eigenvalue weighted by atomic mass is 32.1. The molecule has 7 heteroatoms. The van der Waals surface area contributed by atoms with Gasteiger partial charge in [0.2, 0.25) is 0 Å². The van der Waals surface area contributed by atoms with Crippen molar-refractivity contribution in [1.82, 2.24) is 9.59 Å². The van der Waals surface area contributed by atoms with Gasteiger partial charge in [-0.05, 0) is 25.4 Å². The van der Waals surface area contributed by atoms with E-state index < -0.39 is 7.60 Å². The molecule has 0 aliphatic carbocycles. The summed E-state index contributed by atoms with van der Waals surface area (Å²) in [4.78, 5) is 9.31. The molecule has 1 unspecified atom stereocenters. The smallest absolute Gasteiger partial charge is 0.320 e. The Morgan fingerprint density at radius 1 is 1.75 bits per heavy atom. The second-order valence-corrected chi connectivity index (χ2v) is 5.25. The van der Waals surface area contributed by atoms with E-state index in [9.17, 15) is 9.46 Å². The summed E-state index contributed by atoms with van der Waals surface area (Å²) in [6.45, 7) is 3.38. The molecule has 0 saturated carbocycles. The zero-order valence-electron chi connectivity index (χ0n) is 6.67. The molecule has 12 heavy (non-hydrogen) atoms. The first-order chi connectivity index (χ1) is 5.52. The molecule has 1 N–H and O–H groups in total. The molecule has 0 amide bonds. The average Bonchev–Trinajstić information content (AvgIpc) is 2.32. The van der Waals surface area contributed by atoms with Crippen molar-refractivity contribution in [3.8, 4) is 0 Å². The Morgan fingerprint density at radius 2 is 2.42 bits per heavy atom. The maximum atomic E-state index is 11.4. The second kappa shape index (κ2) is 3.62. The zero-order valence-corrected chi connectivity index (χ0v) is 8.38. The molecule has 0 aromatic carbocycles. The lowest BCUT2D eigenvalue weighted by Crippen LogP contribution is -2.07. The van der Waals surface area contributed by atoms with E-state index >= 15 is 0 Å². The third-order valence-corrected chi connectivity index (χ3v) is 3.77. The van der Waals surface area contributed by atoms with Gasteiger partial charge in [0.1, 0.15) is 0 Å². The molecular weight excluding hydrogens is 199 g/mol. The zero-order chi connectivity index (χ0) is 9.19. The van der Waals surface area contributed by atoms with Crippen LogP contribution in [-0.4, -0.2) is 20.6 Å². The van der Waals surface area contributed by atoms with Gasteiger partial charge in [0, 0.05) is 0 Å². The lowest BCUT2D eigenvalue weighted by molar-refractivity contribution is 0.212. The topological polar surface area (TPSA) is 72.3 Å². The molecule has 1 aromatic rings. The molecule has 68 valence electrons. The van der Waals surface area contributed by atoms with Gasteiger partial charge in [0.15, 0.2) is 4.62 Å². The number of nitrogens with zero attached hydrogens (tertiary/aromatic N) is 2. The summed E-state index contributed by atoms with van der Waals surface area (Å²) in [5, 5.41) is 3.45. The first-order valence-corrected chi connectivity index (χ1v) is 5.66. The van der Waals surface area contributed by atoms with Crippen LogP contribution in [0.2, 0.25) is 0 Å². The van der Waals surface area contributed by atoms with Gasteiger partial charge < -0.3 is 9.42 Å². The molecule has 0 radical (unpaired) electrons. The van der Waals surface area contributed by atoms with Crippen molar-refractivity contribution in [2.24, 2.45) is 0 Å². The van der Waals surface area contributed by atoms with Crippen molar-refractivity contribution < 1.29 is 14.0 Å². The summed E-state index contributed by atoms with van der Waals surface area (Å²) in [7, 11) is -3.66. The molecule has 1 rings (SSSR count). The third-order valence-electron chi connectivity index (χ3n) is 0.982. The molecule has 0 fully saturated rings. The third kappa shape index (κ3) is 2.35. The van der Waals surface area contributed by atoms with Gasteiger partial charge in [-0.2, -0.15) is 0 Å². The van der Waals surface area contributed by atoms with E-state index in [0.717, 1.165) is 11.5 Å². The van der Waals surface area contributed by atoms with E-state index in [1.165, 1.54) is 6.20 Å². The maximum absolute atomic E-state index is 11.4. The van der Waals surface area contributed by atoms with Crippen LogP contribution in [0.15, 0.2) is 6.20 Å². The van der Waals surface area contributed by atoms with E-state index in [4.69, 9.17) is 4.52 Å². The molecule has 0 spiro atoms. The minimum Gasteiger partial charge on any atom is -0.320 e. The highest BCUT2D eigenvalue weighted by molar-refractivity contribution is 7.67. The standard InChI is InChI=1S/C5H9N2O3PS/c1-4(2)10-11(8,9)5-3-6-7-12-5/h3-4H,1-2H3,(H,8,9). The van der Waals surface area contributed by atoms with Crippen molar-refractivity contribution in [2.45, 2.75) is 20.0 Å². The van der Waals surface area contributed by atoms with Crippen LogP contribution in [-0.2, 0) is 9.09 Å². The van der Waals surface area contributed by atoms with E-state index in [1.807, 2.05) is 0 Å². The van der Waals surface area contributed by atoms with Gasteiger partial charge in [0.25, 0.3) is 0 Å². The molecule has 0 saturated heterocycles. The van der Waals surface area contributed by atoms with E-state index in [1.54, 1.807) is 13.8 Å². The number of aromatic nitrogens is 2. The van der Waals surface area contributed by atoms with Crippen molar-refractivity contribution >= 4 is 23.7 Å². The van der Waals surface area contributed by atoms with Gasteiger partial charge in [-0.25, -0.2) is 0 Å². The summed E-state index contributed by atoms with van der Waals surface area (Å²) < 4.78 is 19.8. The molecule has 1 aromatic heterocycles. The lowest BCUT2D eigenvalue weighted by Gasteiger charge is -2.11. The number of hydrogen-bond donors (Lipinski definition) is 1. The Kier molecular flexibility index (Phi) is 2.95. The predicted molar refractivity (Wildman–Crippen MR) is 45.6 cm³/mol. The normalized spacial score (nSPS) is 16.3. The largest absolute Gasteiger partial charge is 0.372 e. The van der Waals surface area contributed by atoms with Gasteiger partial charge in [-0.1, -0.05) is 4.49 Å². The minimum atomic E-state index is -3.66.